The lowest BCUT2D eigenvalue weighted by Crippen LogP contribution is -2.38. The maximum atomic E-state index is 12.3. The van der Waals surface area contributed by atoms with E-state index in [-0.39, 0.29) is 11.9 Å². The van der Waals surface area contributed by atoms with E-state index in [2.05, 4.69) is 5.32 Å². The highest BCUT2D eigenvalue weighted by Gasteiger charge is 2.20. The molecule has 1 fully saturated rings. The molecule has 2 rings (SSSR count). The van der Waals surface area contributed by atoms with Crippen molar-refractivity contribution in [1.82, 2.24) is 9.80 Å². The molecule has 1 heterocycles. The zero-order valence-corrected chi connectivity index (χ0v) is 13.3. The number of carbonyl (C=O) groups is 2. The number of hydrogen-bond donors (Lipinski definition) is 1. The zero-order chi connectivity index (χ0) is 15.2. The fourth-order valence-corrected chi connectivity index (χ4v) is 2.80. The molecular formula is C15H21N3O2S. The Kier molecular flexibility index (Phi) is 5.50. The van der Waals surface area contributed by atoms with E-state index in [0.29, 0.717) is 19.6 Å². The molecule has 0 radical (unpaired) electrons. The van der Waals surface area contributed by atoms with Gasteiger partial charge >= 0.3 is 6.03 Å². The lowest BCUT2D eigenvalue weighted by atomic mass is 10.3. The summed E-state index contributed by atoms with van der Waals surface area (Å²) in [4.78, 5) is 28.4. The van der Waals surface area contributed by atoms with E-state index >= 15 is 0 Å². The summed E-state index contributed by atoms with van der Waals surface area (Å²) in [6.07, 6.45) is 2.82. The van der Waals surface area contributed by atoms with E-state index in [1.807, 2.05) is 30.5 Å². The molecule has 21 heavy (non-hydrogen) atoms. The van der Waals surface area contributed by atoms with Crippen LogP contribution in [0.1, 0.15) is 13.3 Å². The second-order valence-corrected chi connectivity index (χ2v) is 5.89. The van der Waals surface area contributed by atoms with E-state index in [1.54, 1.807) is 28.5 Å². The molecule has 1 N–H and O–H groups in total. The molecule has 0 aromatic heterocycles. The number of carbonyl (C=O) groups excluding carboxylic acids is 2. The number of hydrogen-bond acceptors (Lipinski definition) is 3. The van der Waals surface area contributed by atoms with Gasteiger partial charge in [-0.1, -0.05) is 6.07 Å². The van der Waals surface area contributed by atoms with Crippen LogP contribution < -0.4 is 5.32 Å². The van der Waals surface area contributed by atoms with Crippen molar-refractivity contribution >= 4 is 29.4 Å². The van der Waals surface area contributed by atoms with E-state index in [4.69, 9.17) is 0 Å². The monoisotopic (exact) mass is 307 g/mol. The van der Waals surface area contributed by atoms with Gasteiger partial charge in [0.1, 0.15) is 0 Å². The summed E-state index contributed by atoms with van der Waals surface area (Å²) >= 11 is 1.64. The summed E-state index contributed by atoms with van der Waals surface area (Å²) in [5.41, 5.74) is 0.805. The highest BCUT2D eigenvalue weighted by atomic mass is 32.2. The molecule has 1 aromatic carbocycles. The highest BCUT2D eigenvalue weighted by molar-refractivity contribution is 7.98. The molecule has 1 aliphatic heterocycles. The lowest BCUT2D eigenvalue weighted by molar-refractivity contribution is -0.128. The van der Waals surface area contributed by atoms with Crippen molar-refractivity contribution in [3.63, 3.8) is 0 Å². The Morgan fingerprint density at radius 2 is 1.86 bits per heavy atom. The molecule has 114 valence electrons. The molecule has 0 spiro atoms. The minimum atomic E-state index is -0.0985. The largest absolute Gasteiger partial charge is 0.341 e. The quantitative estimate of drug-likeness (QED) is 0.854. The number of rotatable bonds is 2. The highest BCUT2D eigenvalue weighted by Crippen LogP contribution is 2.19. The van der Waals surface area contributed by atoms with Gasteiger partial charge in [-0.05, 0) is 30.9 Å². The van der Waals surface area contributed by atoms with Crippen LogP contribution in [-0.2, 0) is 4.79 Å². The maximum absolute atomic E-state index is 12.3. The van der Waals surface area contributed by atoms with Crippen LogP contribution in [0.25, 0.3) is 0 Å². The molecule has 0 aliphatic carbocycles. The third kappa shape index (κ3) is 4.39. The minimum absolute atomic E-state index is 0.0740. The molecule has 1 aliphatic rings. The number of nitrogens with one attached hydrogen (secondary N) is 1. The number of amides is 3. The first kappa shape index (κ1) is 15.7. The predicted octanol–water partition coefficient (Wildman–Crippen LogP) is 2.49. The topological polar surface area (TPSA) is 52.7 Å². The van der Waals surface area contributed by atoms with Crippen molar-refractivity contribution in [1.29, 1.82) is 0 Å². The average Bonchev–Trinajstić information content (AvgIpc) is 2.73. The maximum Gasteiger partial charge on any atom is 0.321 e. The van der Waals surface area contributed by atoms with Crippen molar-refractivity contribution in [2.24, 2.45) is 0 Å². The summed E-state index contributed by atoms with van der Waals surface area (Å²) in [5, 5.41) is 2.93. The van der Waals surface area contributed by atoms with Crippen molar-refractivity contribution in [2.75, 3.05) is 37.8 Å². The Morgan fingerprint density at radius 1 is 1.14 bits per heavy atom. The normalized spacial score (nSPS) is 15.5. The fourth-order valence-electron chi connectivity index (χ4n) is 2.34. The number of nitrogens with zero attached hydrogens (tertiary/aromatic N) is 2. The Labute approximate surface area is 129 Å². The van der Waals surface area contributed by atoms with Crippen LogP contribution in [0.3, 0.4) is 0 Å². The van der Waals surface area contributed by atoms with Gasteiger partial charge in [0.15, 0.2) is 0 Å². The molecule has 3 amide bonds. The van der Waals surface area contributed by atoms with E-state index in [0.717, 1.165) is 23.5 Å². The van der Waals surface area contributed by atoms with E-state index in [9.17, 15) is 9.59 Å². The SMILES string of the molecule is CSc1cccc(NC(=O)N2CCCN(C(C)=O)CC2)c1. The molecule has 0 unspecified atom stereocenters. The molecule has 6 heteroatoms. The summed E-state index contributed by atoms with van der Waals surface area (Å²) in [6, 6.07) is 7.69. The van der Waals surface area contributed by atoms with Crippen LogP contribution in [0.15, 0.2) is 29.2 Å². The first-order chi connectivity index (χ1) is 10.1. The molecule has 0 bridgehead atoms. The zero-order valence-electron chi connectivity index (χ0n) is 12.5. The van der Waals surface area contributed by atoms with Crippen LogP contribution >= 0.6 is 11.8 Å². The fraction of sp³-hybridized carbons (Fsp3) is 0.467. The molecule has 1 saturated heterocycles. The Bertz CT molecular complexity index is 521. The molecular weight excluding hydrogens is 286 g/mol. The minimum Gasteiger partial charge on any atom is -0.341 e. The molecule has 1 aromatic rings. The van der Waals surface area contributed by atoms with Gasteiger partial charge < -0.3 is 15.1 Å². The second kappa shape index (κ2) is 7.36. The molecule has 5 nitrogen and oxygen atoms in total. The number of anilines is 1. The first-order valence-electron chi connectivity index (χ1n) is 7.05. The van der Waals surface area contributed by atoms with Gasteiger partial charge in [-0.25, -0.2) is 4.79 Å². The van der Waals surface area contributed by atoms with Crippen LogP contribution in [-0.4, -0.2) is 54.2 Å². The van der Waals surface area contributed by atoms with E-state index in [1.165, 1.54) is 0 Å². The lowest BCUT2D eigenvalue weighted by Gasteiger charge is -2.21. The summed E-state index contributed by atoms with van der Waals surface area (Å²) in [5.74, 6) is 0.0740. The van der Waals surface area contributed by atoms with Crippen molar-refractivity contribution in [3.8, 4) is 0 Å². The Hall–Kier alpha value is -1.69. The summed E-state index contributed by atoms with van der Waals surface area (Å²) in [6.45, 7) is 4.16. The first-order valence-corrected chi connectivity index (χ1v) is 8.28. The molecule has 0 atom stereocenters. The summed E-state index contributed by atoms with van der Waals surface area (Å²) < 4.78 is 0. The van der Waals surface area contributed by atoms with Crippen LogP contribution in [0.4, 0.5) is 10.5 Å². The van der Waals surface area contributed by atoms with Crippen LogP contribution in [0, 0.1) is 0 Å². The van der Waals surface area contributed by atoms with Crippen LogP contribution in [0.2, 0.25) is 0 Å². The average molecular weight is 307 g/mol. The third-order valence-electron chi connectivity index (χ3n) is 3.55. The number of thioether (sulfide) groups is 1. The standard InChI is InChI=1S/C15H21N3O2S/c1-12(19)17-7-4-8-18(10-9-17)15(20)16-13-5-3-6-14(11-13)21-2/h3,5-6,11H,4,7-10H2,1-2H3,(H,16,20). The third-order valence-corrected chi connectivity index (χ3v) is 4.27. The number of urea groups is 1. The van der Waals surface area contributed by atoms with Gasteiger partial charge in [0.2, 0.25) is 5.91 Å². The van der Waals surface area contributed by atoms with Crippen molar-refractivity contribution < 1.29 is 9.59 Å². The van der Waals surface area contributed by atoms with Gasteiger partial charge in [0.05, 0.1) is 0 Å². The summed E-state index contributed by atoms with van der Waals surface area (Å²) in [7, 11) is 0. The van der Waals surface area contributed by atoms with Gasteiger partial charge in [0, 0.05) is 43.7 Å². The van der Waals surface area contributed by atoms with Gasteiger partial charge in [-0.2, -0.15) is 0 Å². The van der Waals surface area contributed by atoms with Crippen LogP contribution in [0.5, 0.6) is 0 Å². The van der Waals surface area contributed by atoms with Crippen molar-refractivity contribution in [3.05, 3.63) is 24.3 Å². The Morgan fingerprint density at radius 3 is 2.57 bits per heavy atom. The van der Waals surface area contributed by atoms with Gasteiger partial charge in [-0.3, -0.25) is 4.79 Å². The smallest absolute Gasteiger partial charge is 0.321 e. The molecule has 0 saturated carbocycles. The second-order valence-electron chi connectivity index (χ2n) is 5.01. The Balaban J connectivity index is 1.95. The van der Waals surface area contributed by atoms with E-state index < -0.39 is 0 Å². The number of benzene rings is 1. The predicted molar refractivity (Wildman–Crippen MR) is 85.7 cm³/mol. The van der Waals surface area contributed by atoms with Gasteiger partial charge in [-0.15, -0.1) is 11.8 Å². The van der Waals surface area contributed by atoms with Gasteiger partial charge in [0.25, 0.3) is 0 Å². The van der Waals surface area contributed by atoms with Crippen molar-refractivity contribution in [2.45, 2.75) is 18.2 Å².